The number of rotatable bonds is 2. The van der Waals surface area contributed by atoms with Crippen LogP contribution < -0.4 is 10.6 Å². The summed E-state index contributed by atoms with van der Waals surface area (Å²) in [6.07, 6.45) is 2.38. The Labute approximate surface area is 97.2 Å². The fourth-order valence-electron chi connectivity index (χ4n) is 2.12. The van der Waals surface area contributed by atoms with E-state index >= 15 is 0 Å². The molecule has 1 aliphatic heterocycles. The number of carbonyl (C=O) groups excluding carboxylic acids is 2. The van der Waals surface area contributed by atoms with Crippen LogP contribution >= 0.6 is 0 Å². The smallest absolute Gasteiger partial charge is 0.322 e. The number of urea groups is 1. The van der Waals surface area contributed by atoms with E-state index in [-0.39, 0.29) is 5.91 Å². The molecule has 2 heterocycles. The molecule has 0 saturated carbocycles. The van der Waals surface area contributed by atoms with Gasteiger partial charge in [0.25, 0.3) is 5.91 Å². The summed E-state index contributed by atoms with van der Waals surface area (Å²) < 4.78 is 0. The fraction of sp³-hybridized carbons (Fsp3) is 0.167. The van der Waals surface area contributed by atoms with Crippen LogP contribution in [0.2, 0.25) is 0 Å². The summed E-state index contributed by atoms with van der Waals surface area (Å²) in [4.78, 5) is 25.6. The third kappa shape index (κ3) is 1.65. The van der Waals surface area contributed by atoms with Crippen molar-refractivity contribution < 1.29 is 9.59 Å². The number of hydrogen-bond donors (Lipinski definition) is 3. The minimum atomic E-state index is -0.471. The van der Waals surface area contributed by atoms with Gasteiger partial charge in [-0.3, -0.25) is 10.1 Å². The number of H-pyrrole nitrogens is 1. The van der Waals surface area contributed by atoms with Gasteiger partial charge in [0.05, 0.1) is 0 Å². The highest BCUT2D eigenvalue weighted by molar-refractivity contribution is 6.04. The van der Waals surface area contributed by atoms with Crippen molar-refractivity contribution >= 4 is 22.8 Å². The van der Waals surface area contributed by atoms with Gasteiger partial charge in [-0.15, -0.1) is 0 Å². The van der Waals surface area contributed by atoms with Gasteiger partial charge in [0.15, 0.2) is 0 Å². The Bertz CT molecular complexity index is 603. The third-order valence-electron chi connectivity index (χ3n) is 2.96. The first-order chi connectivity index (χ1) is 8.24. The first-order valence-corrected chi connectivity index (χ1v) is 5.40. The maximum Gasteiger partial charge on any atom is 0.322 e. The van der Waals surface area contributed by atoms with Gasteiger partial charge in [-0.1, -0.05) is 18.2 Å². The third-order valence-corrected chi connectivity index (χ3v) is 2.96. The molecule has 0 aliphatic carbocycles. The number of aromatic nitrogens is 1. The molecule has 3 rings (SSSR count). The maximum absolute atomic E-state index is 11.4. The van der Waals surface area contributed by atoms with Gasteiger partial charge < -0.3 is 10.3 Å². The number of hydrogen-bond acceptors (Lipinski definition) is 2. The lowest BCUT2D eigenvalue weighted by Gasteiger charge is -2.05. The van der Waals surface area contributed by atoms with E-state index in [4.69, 9.17) is 0 Å². The second-order valence-corrected chi connectivity index (χ2v) is 4.08. The Morgan fingerprint density at radius 1 is 1.18 bits per heavy atom. The molecular weight excluding hydrogens is 218 g/mol. The average Bonchev–Trinajstić information content (AvgIpc) is 2.85. The molecule has 86 valence electrons. The Morgan fingerprint density at radius 2 is 2.00 bits per heavy atom. The second-order valence-electron chi connectivity index (χ2n) is 4.08. The predicted octanol–water partition coefficient (Wildman–Crippen LogP) is 0.918. The molecule has 0 spiro atoms. The van der Waals surface area contributed by atoms with Gasteiger partial charge in [-0.05, 0) is 11.6 Å². The van der Waals surface area contributed by atoms with Crippen molar-refractivity contribution in [1.82, 2.24) is 15.6 Å². The van der Waals surface area contributed by atoms with Crippen LogP contribution in [-0.4, -0.2) is 23.0 Å². The average molecular weight is 229 g/mol. The van der Waals surface area contributed by atoms with Gasteiger partial charge in [-0.2, -0.15) is 0 Å². The molecule has 5 nitrogen and oxygen atoms in total. The molecule has 17 heavy (non-hydrogen) atoms. The molecule has 1 aliphatic rings. The van der Waals surface area contributed by atoms with E-state index in [1.807, 2.05) is 30.5 Å². The van der Waals surface area contributed by atoms with Crippen molar-refractivity contribution in [1.29, 1.82) is 0 Å². The first-order valence-electron chi connectivity index (χ1n) is 5.40. The summed E-state index contributed by atoms with van der Waals surface area (Å²) in [6, 6.07) is 6.99. The summed E-state index contributed by atoms with van der Waals surface area (Å²) in [5, 5.41) is 5.91. The molecule has 0 bridgehead atoms. The van der Waals surface area contributed by atoms with Gasteiger partial charge in [0.2, 0.25) is 0 Å². The van der Waals surface area contributed by atoms with Crippen LogP contribution in [-0.2, 0) is 11.2 Å². The van der Waals surface area contributed by atoms with Crippen LogP contribution in [0.15, 0.2) is 30.5 Å². The Kier molecular flexibility index (Phi) is 2.11. The van der Waals surface area contributed by atoms with Crippen LogP contribution in [0.5, 0.6) is 0 Å². The number of para-hydroxylation sites is 1. The summed E-state index contributed by atoms with van der Waals surface area (Å²) >= 11 is 0. The zero-order chi connectivity index (χ0) is 11.8. The van der Waals surface area contributed by atoms with Crippen molar-refractivity contribution in [3.8, 4) is 0 Å². The predicted molar refractivity (Wildman–Crippen MR) is 62.5 cm³/mol. The lowest BCUT2D eigenvalue weighted by atomic mass is 10.1. The number of nitrogens with one attached hydrogen (secondary N) is 3. The Balaban J connectivity index is 1.90. The fourth-order valence-corrected chi connectivity index (χ4v) is 2.12. The molecule has 1 atom stereocenters. The Hall–Kier alpha value is -2.30. The standard InChI is InChI=1S/C12H11N3O2/c16-11-10(14-12(17)15-11)5-7-6-13-9-4-2-1-3-8(7)9/h1-4,6,10,13H,5H2,(H2,14,15,16,17)/t10-/m1/s1. The van der Waals surface area contributed by atoms with E-state index in [2.05, 4.69) is 15.6 Å². The van der Waals surface area contributed by atoms with Gasteiger partial charge in [-0.25, -0.2) is 4.79 Å². The van der Waals surface area contributed by atoms with E-state index in [0.29, 0.717) is 6.42 Å². The lowest BCUT2D eigenvalue weighted by Crippen LogP contribution is -2.30. The van der Waals surface area contributed by atoms with Crippen molar-refractivity contribution in [2.24, 2.45) is 0 Å². The molecule has 5 heteroatoms. The largest absolute Gasteiger partial charge is 0.361 e. The number of aromatic amines is 1. The van der Waals surface area contributed by atoms with E-state index in [9.17, 15) is 9.59 Å². The van der Waals surface area contributed by atoms with Gasteiger partial charge in [0, 0.05) is 23.5 Å². The topological polar surface area (TPSA) is 74.0 Å². The molecule has 1 aromatic heterocycles. The minimum absolute atomic E-state index is 0.264. The molecule has 0 unspecified atom stereocenters. The van der Waals surface area contributed by atoms with E-state index in [1.165, 1.54) is 0 Å². The number of carbonyl (C=O) groups is 2. The minimum Gasteiger partial charge on any atom is -0.361 e. The van der Waals surface area contributed by atoms with E-state index < -0.39 is 12.1 Å². The van der Waals surface area contributed by atoms with Crippen LogP contribution in [0.3, 0.4) is 0 Å². The molecule has 0 radical (unpaired) electrons. The molecule has 1 saturated heterocycles. The van der Waals surface area contributed by atoms with Gasteiger partial charge >= 0.3 is 6.03 Å². The first kappa shape index (κ1) is 9.89. The van der Waals surface area contributed by atoms with Crippen LogP contribution in [0, 0.1) is 0 Å². The van der Waals surface area contributed by atoms with Crippen molar-refractivity contribution in [2.45, 2.75) is 12.5 Å². The zero-order valence-corrected chi connectivity index (χ0v) is 8.99. The van der Waals surface area contributed by atoms with Crippen LogP contribution in [0.25, 0.3) is 10.9 Å². The number of fused-ring (bicyclic) bond motifs is 1. The maximum atomic E-state index is 11.4. The molecule has 1 aromatic carbocycles. The molecule has 3 amide bonds. The van der Waals surface area contributed by atoms with Gasteiger partial charge in [0.1, 0.15) is 6.04 Å². The quantitative estimate of drug-likeness (QED) is 0.670. The summed E-state index contributed by atoms with van der Waals surface area (Å²) in [5.41, 5.74) is 2.06. The molecule has 1 fully saturated rings. The van der Waals surface area contributed by atoms with E-state index in [0.717, 1.165) is 16.5 Å². The number of benzene rings is 1. The highest BCUT2D eigenvalue weighted by Gasteiger charge is 2.29. The lowest BCUT2D eigenvalue weighted by molar-refractivity contribution is -0.120. The van der Waals surface area contributed by atoms with Crippen LogP contribution in [0.4, 0.5) is 4.79 Å². The molecule has 2 aromatic rings. The molecule has 3 N–H and O–H groups in total. The summed E-state index contributed by atoms with van der Waals surface area (Å²) in [6.45, 7) is 0. The van der Waals surface area contributed by atoms with E-state index in [1.54, 1.807) is 0 Å². The zero-order valence-electron chi connectivity index (χ0n) is 8.99. The van der Waals surface area contributed by atoms with Crippen LogP contribution in [0.1, 0.15) is 5.56 Å². The second kappa shape index (κ2) is 3.62. The summed E-state index contributed by atoms with van der Waals surface area (Å²) in [5.74, 6) is -0.264. The monoisotopic (exact) mass is 229 g/mol. The normalized spacial score (nSPS) is 19.4. The number of amides is 3. The van der Waals surface area contributed by atoms with Crippen molar-refractivity contribution in [3.63, 3.8) is 0 Å². The SMILES string of the molecule is O=C1NC(=O)[C@@H](Cc2c[nH]c3ccccc23)N1. The van der Waals surface area contributed by atoms with Crippen molar-refractivity contribution in [2.75, 3.05) is 0 Å². The molecular formula is C12H11N3O2. The summed E-state index contributed by atoms with van der Waals surface area (Å²) in [7, 11) is 0. The Morgan fingerprint density at radius 3 is 2.76 bits per heavy atom. The number of imide groups is 1. The highest BCUT2D eigenvalue weighted by Crippen LogP contribution is 2.19. The van der Waals surface area contributed by atoms with Crippen molar-refractivity contribution in [3.05, 3.63) is 36.0 Å². The highest BCUT2D eigenvalue weighted by atomic mass is 16.2.